The molecule has 0 spiro atoms. The molecule has 0 saturated heterocycles. The first-order valence-corrected chi connectivity index (χ1v) is 6.81. The highest BCUT2D eigenvalue weighted by molar-refractivity contribution is 6.05. The van der Waals surface area contributed by atoms with Crippen molar-refractivity contribution < 1.29 is 14.7 Å². The summed E-state index contributed by atoms with van der Waals surface area (Å²) in [6.45, 7) is 0.907. The summed E-state index contributed by atoms with van der Waals surface area (Å²) in [7, 11) is 1.62. The molecule has 1 N–H and O–H groups in total. The van der Waals surface area contributed by atoms with Gasteiger partial charge in [-0.25, -0.2) is 4.98 Å². The molecule has 0 bridgehead atoms. The Balaban J connectivity index is 2.21. The highest BCUT2D eigenvalue weighted by atomic mass is 16.5. The zero-order chi connectivity index (χ0) is 15.4. The Morgan fingerprint density at radius 3 is 2.95 bits per heavy atom. The maximum atomic E-state index is 8.76. The second-order valence-corrected chi connectivity index (χ2v) is 4.67. The van der Waals surface area contributed by atoms with E-state index in [0.29, 0.717) is 30.2 Å². The van der Waals surface area contributed by atoms with E-state index in [1.807, 2.05) is 24.3 Å². The number of ether oxygens (including phenoxy) is 2. The Labute approximate surface area is 127 Å². The second kappa shape index (κ2) is 6.36. The van der Waals surface area contributed by atoms with Gasteiger partial charge >= 0.3 is 0 Å². The average Bonchev–Trinajstić information content (AvgIpc) is 2.55. The molecule has 3 aromatic rings. The SMILES string of the molecule is COCCOc1cc(/C=N/O)nc2c1ccc1cccnc12. The third-order valence-corrected chi connectivity index (χ3v) is 3.27. The van der Waals surface area contributed by atoms with Gasteiger partial charge in [-0.3, -0.25) is 4.98 Å². The topological polar surface area (TPSA) is 76.8 Å². The van der Waals surface area contributed by atoms with Crippen molar-refractivity contribution in [3.05, 3.63) is 42.2 Å². The molecule has 0 fully saturated rings. The van der Waals surface area contributed by atoms with E-state index in [9.17, 15) is 0 Å². The lowest BCUT2D eigenvalue weighted by Crippen LogP contribution is -2.05. The molecule has 0 atom stereocenters. The minimum absolute atomic E-state index is 0.422. The molecule has 6 nitrogen and oxygen atoms in total. The minimum Gasteiger partial charge on any atom is -0.490 e. The highest BCUT2D eigenvalue weighted by Crippen LogP contribution is 2.29. The molecular formula is C16H15N3O3. The molecule has 0 radical (unpaired) electrons. The number of hydrogen-bond donors (Lipinski definition) is 1. The van der Waals surface area contributed by atoms with E-state index < -0.39 is 0 Å². The zero-order valence-corrected chi connectivity index (χ0v) is 12.1. The largest absolute Gasteiger partial charge is 0.490 e. The lowest BCUT2D eigenvalue weighted by molar-refractivity contribution is 0.147. The van der Waals surface area contributed by atoms with Gasteiger partial charge in [-0.2, -0.15) is 0 Å². The predicted molar refractivity (Wildman–Crippen MR) is 83.8 cm³/mol. The average molecular weight is 297 g/mol. The molecule has 3 rings (SSSR count). The summed E-state index contributed by atoms with van der Waals surface area (Å²) in [4.78, 5) is 8.90. The third kappa shape index (κ3) is 2.68. The maximum absolute atomic E-state index is 8.76. The van der Waals surface area contributed by atoms with E-state index in [1.54, 1.807) is 19.4 Å². The second-order valence-electron chi connectivity index (χ2n) is 4.67. The number of aromatic nitrogens is 2. The summed E-state index contributed by atoms with van der Waals surface area (Å²) in [6, 6.07) is 9.51. The van der Waals surface area contributed by atoms with Crippen molar-refractivity contribution >= 4 is 28.0 Å². The fourth-order valence-electron chi connectivity index (χ4n) is 2.29. The van der Waals surface area contributed by atoms with Crippen LogP contribution in [-0.4, -0.2) is 41.7 Å². The number of oxime groups is 1. The van der Waals surface area contributed by atoms with Crippen molar-refractivity contribution in [1.29, 1.82) is 0 Å². The van der Waals surface area contributed by atoms with Crippen molar-refractivity contribution in [1.82, 2.24) is 9.97 Å². The molecule has 0 unspecified atom stereocenters. The van der Waals surface area contributed by atoms with E-state index in [-0.39, 0.29) is 0 Å². The Kier molecular flexibility index (Phi) is 4.11. The molecule has 0 aliphatic rings. The number of methoxy groups -OCH3 is 1. The van der Waals surface area contributed by atoms with Crippen LogP contribution in [0.1, 0.15) is 5.69 Å². The number of pyridine rings is 2. The Bertz CT molecular complexity index is 833. The number of nitrogens with zero attached hydrogens (tertiary/aromatic N) is 3. The van der Waals surface area contributed by atoms with Crippen LogP contribution in [0.2, 0.25) is 0 Å². The van der Waals surface area contributed by atoms with Crippen LogP contribution in [0.3, 0.4) is 0 Å². The van der Waals surface area contributed by atoms with Crippen LogP contribution in [0.5, 0.6) is 5.75 Å². The van der Waals surface area contributed by atoms with Gasteiger partial charge in [-0.15, -0.1) is 0 Å². The summed E-state index contributed by atoms with van der Waals surface area (Å²) < 4.78 is 10.8. The molecule has 2 aromatic heterocycles. The van der Waals surface area contributed by atoms with Crippen LogP contribution in [0.25, 0.3) is 21.8 Å². The van der Waals surface area contributed by atoms with Gasteiger partial charge in [0.1, 0.15) is 17.9 Å². The van der Waals surface area contributed by atoms with Crippen molar-refractivity contribution in [2.75, 3.05) is 20.3 Å². The Morgan fingerprint density at radius 1 is 1.23 bits per heavy atom. The van der Waals surface area contributed by atoms with Gasteiger partial charge in [0.15, 0.2) is 0 Å². The molecule has 2 heterocycles. The standard InChI is InChI=1S/C16H15N3O3/c1-21-7-8-22-14-9-12(10-18-20)19-16-13(14)5-4-11-3-2-6-17-15(11)16/h2-6,9-10,20H,7-8H2,1H3/b18-10+. The summed E-state index contributed by atoms with van der Waals surface area (Å²) in [5.74, 6) is 0.657. The maximum Gasteiger partial charge on any atom is 0.131 e. The molecule has 0 amide bonds. The number of benzene rings is 1. The molecule has 0 aliphatic heterocycles. The third-order valence-electron chi connectivity index (χ3n) is 3.27. The van der Waals surface area contributed by atoms with E-state index in [1.165, 1.54) is 6.21 Å². The van der Waals surface area contributed by atoms with Gasteiger partial charge in [0, 0.05) is 30.1 Å². The van der Waals surface area contributed by atoms with Crippen LogP contribution >= 0.6 is 0 Å². The highest BCUT2D eigenvalue weighted by Gasteiger charge is 2.10. The quantitative estimate of drug-likeness (QED) is 0.257. The van der Waals surface area contributed by atoms with Crippen molar-refractivity contribution in [3.8, 4) is 5.75 Å². The van der Waals surface area contributed by atoms with Gasteiger partial charge in [0.2, 0.25) is 0 Å². The molecule has 1 aromatic carbocycles. The first-order chi connectivity index (χ1) is 10.8. The first kappa shape index (κ1) is 14.2. The van der Waals surface area contributed by atoms with Gasteiger partial charge in [-0.1, -0.05) is 17.3 Å². The first-order valence-electron chi connectivity index (χ1n) is 6.81. The molecule has 0 aliphatic carbocycles. The van der Waals surface area contributed by atoms with E-state index in [0.717, 1.165) is 16.3 Å². The zero-order valence-electron chi connectivity index (χ0n) is 12.1. The Morgan fingerprint density at radius 2 is 2.14 bits per heavy atom. The smallest absolute Gasteiger partial charge is 0.131 e. The van der Waals surface area contributed by atoms with Crippen LogP contribution in [0.15, 0.2) is 41.7 Å². The lowest BCUT2D eigenvalue weighted by Gasteiger charge is -2.11. The molecule has 22 heavy (non-hydrogen) atoms. The van der Waals surface area contributed by atoms with Crippen LogP contribution in [0, 0.1) is 0 Å². The summed E-state index contributed by atoms with van der Waals surface area (Å²) in [5, 5.41) is 13.7. The molecular weight excluding hydrogens is 282 g/mol. The Hall–Kier alpha value is -2.73. The lowest BCUT2D eigenvalue weighted by atomic mass is 10.1. The van der Waals surface area contributed by atoms with Crippen molar-refractivity contribution in [2.24, 2.45) is 5.16 Å². The molecule has 112 valence electrons. The van der Waals surface area contributed by atoms with Gasteiger partial charge < -0.3 is 14.7 Å². The van der Waals surface area contributed by atoms with E-state index in [4.69, 9.17) is 14.7 Å². The van der Waals surface area contributed by atoms with Gasteiger partial charge in [0.05, 0.1) is 24.0 Å². The van der Waals surface area contributed by atoms with Crippen LogP contribution in [0.4, 0.5) is 0 Å². The van der Waals surface area contributed by atoms with Crippen LogP contribution < -0.4 is 4.74 Å². The van der Waals surface area contributed by atoms with Gasteiger partial charge in [-0.05, 0) is 12.1 Å². The van der Waals surface area contributed by atoms with Gasteiger partial charge in [0.25, 0.3) is 0 Å². The van der Waals surface area contributed by atoms with Crippen LogP contribution in [-0.2, 0) is 4.74 Å². The predicted octanol–water partition coefficient (Wildman–Crippen LogP) is 2.62. The number of rotatable bonds is 5. The fraction of sp³-hybridized carbons (Fsp3) is 0.188. The minimum atomic E-state index is 0.422. The molecule has 6 heteroatoms. The van der Waals surface area contributed by atoms with Crippen molar-refractivity contribution in [2.45, 2.75) is 0 Å². The monoisotopic (exact) mass is 297 g/mol. The van der Waals surface area contributed by atoms with E-state index >= 15 is 0 Å². The molecule has 0 saturated carbocycles. The summed E-state index contributed by atoms with van der Waals surface area (Å²) in [6.07, 6.45) is 2.99. The number of fused-ring (bicyclic) bond motifs is 3. The van der Waals surface area contributed by atoms with Crippen molar-refractivity contribution in [3.63, 3.8) is 0 Å². The summed E-state index contributed by atoms with van der Waals surface area (Å²) in [5.41, 5.74) is 1.99. The van der Waals surface area contributed by atoms with E-state index in [2.05, 4.69) is 15.1 Å². The number of hydrogen-bond acceptors (Lipinski definition) is 6. The summed E-state index contributed by atoms with van der Waals surface area (Å²) >= 11 is 0. The normalized spacial score (nSPS) is 11.5. The fourth-order valence-corrected chi connectivity index (χ4v) is 2.29.